The quantitative estimate of drug-likeness (QED) is 0.573. The SMILES string of the molecule is CCCCC(OC(C)C)(OC(C)C)OC(C)C. The highest BCUT2D eigenvalue weighted by Gasteiger charge is 2.36. The highest BCUT2D eigenvalue weighted by atomic mass is 16.9. The van der Waals surface area contributed by atoms with E-state index >= 15 is 0 Å². The molecule has 0 rings (SSSR count). The lowest BCUT2D eigenvalue weighted by Crippen LogP contribution is -2.44. The van der Waals surface area contributed by atoms with Crippen LogP contribution in [0.4, 0.5) is 0 Å². The molecular formula is C14H30O3. The van der Waals surface area contributed by atoms with Gasteiger partial charge in [0.05, 0.1) is 18.3 Å². The van der Waals surface area contributed by atoms with E-state index in [9.17, 15) is 0 Å². The lowest BCUT2D eigenvalue weighted by molar-refractivity contribution is -0.412. The van der Waals surface area contributed by atoms with E-state index in [1.165, 1.54) is 0 Å². The maximum absolute atomic E-state index is 5.92. The zero-order valence-electron chi connectivity index (χ0n) is 12.6. The molecule has 0 atom stereocenters. The molecule has 17 heavy (non-hydrogen) atoms. The average molecular weight is 246 g/mol. The average Bonchev–Trinajstić information content (AvgIpc) is 2.11. The van der Waals surface area contributed by atoms with Gasteiger partial charge in [0.25, 0.3) is 5.97 Å². The molecular weight excluding hydrogens is 216 g/mol. The zero-order valence-corrected chi connectivity index (χ0v) is 12.6. The van der Waals surface area contributed by atoms with Crippen molar-refractivity contribution in [1.82, 2.24) is 0 Å². The van der Waals surface area contributed by atoms with Gasteiger partial charge >= 0.3 is 0 Å². The molecule has 0 bridgehead atoms. The second kappa shape index (κ2) is 8.06. The van der Waals surface area contributed by atoms with E-state index in [4.69, 9.17) is 14.2 Å². The Balaban J connectivity index is 4.76. The minimum absolute atomic E-state index is 0.0874. The molecule has 0 heterocycles. The maximum Gasteiger partial charge on any atom is 0.283 e. The van der Waals surface area contributed by atoms with Crippen LogP contribution >= 0.6 is 0 Å². The van der Waals surface area contributed by atoms with Crippen molar-refractivity contribution in [3.8, 4) is 0 Å². The number of hydrogen-bond acceptors (Lipinski definition) is 3. The van der Waals surface area contributed by atoms with Gasteiger partial charge in [-0.2, -0.15) is 0 Å². The zero-order chi connectivity index (χ0) is 13.5. The van der Waals surface area contributed by atoms with Crippen molar-refractivity contribution >= 4 is 0 Å². The number of unbranched alkanes of at least 4 members (excludes halogenated alkanes) is 1. The molecule has 0 aliphatic rings. The van der Waals surface area contributed by atoms with Gasteiger partial charge in [0, 0.05) is 6.42 Å². The van der Waals surface area contributed by atoms with E-state index in [-0.39, 0.29) is 18.3 Å². The third-order valence-electron chi connectivity index (χ3n) is 2.08. The Labute approximate surface area is 107 Å². The molecule has 0 aliphatic heterocycles. The Morgan fingerprint density at radius 1 is 0.765 bits per heavy atom. The summed E-state index contributed by atoms with van der Waals surface area (Å²) in [6, 6.07) is 0. The van der Waals surface area contributed by atoms with E-state index in [1.54, 1.807) is 0 Å². The van der Waals surface area contributed by atoms with E-state index in [2.05, 4.69) is 6.92 Å². The molecule has 0 aromatic rings. The van der Waals surface area contributed by atoms with Crippen molar-refractivity contribution in [3.63, 3.8) is 0 Å². The summed E-state index contributed by atoms with van der Waals surface area (Å²) in [7, 11) is 0. The van der Waals surface area contributed by atoms with Crippen LogP contribution in [0.3, 0.4) is 0 Å². The molecule has 0 aromatic heterocycles. The predicted octanol–water partition coefficient (Wildman–Crippen LogP) is 4.11. The molecule has 0 aromatic carbocycles. The molecule has 0 radical (unpaired) electrons. The summed E-state index contributed by atoms with van der Waals surface area (Å²) in [4.78, 5) is 0. The van der Waals surface area contributed by atoms with Gasteiger partial charge < -0.3 is 14.2 Å². The molecule has 3 heteroatoms. The maximum atomic E-state index is 5.92. The number of hydrogen-bond donors (Lipinski definition) is 0. The summed E-state index contributed by atoms with van der Waals surface area (Å²) < 4.78 is 17.8. The van der Waals surface area contributed by atoms with Crippen molar-refractivity contribution in [2.45, 2.75) is 92.0 Å². The molecule has 0 amide bonds. The van der Waals surface area contributed by atoms with Crippen LogP contribution in [0.2, 0.25) is 0 Å². The fourth-order valence-corrected chi connectivity index (χ4v) is 1.73. The van der Waals surface area contributed by atoms with Gasteiger partial charge in [-0.1, -0.05) is 13.3 Å². The first-order valence-corrected chi connectivity index (χ1v) is 6.84. The number of rotatable bonds is 9. The molecule has 0 fully saturated rings. The van der Waals surface area contributed by atoms with Crippen LogP contribution in [-0.4, -0.2) is 24.3 Å². The minimum atomic E-state index is -0.882. The van der Waals surface area contributed by atoms with Crippen LogP contribution in [0.1, 0.15) is 67.7 Å². The van der Waals surface area contributed by atoms with Crippen molar-refractivity contribution < 1.29 is 14.2 Å². The van der Waals surface area contributed by atoms with Crippen molar-refractivity contribution in [2.24, 2.45) is 0 Å². The second-order valence-corrected chi connectivity index (χ2v) is 5.29. The summed E-state index contributed by atoms with van der Waals surface area (Å²) in [6.45, 7) is 14.2. The van der Waals surface area contributed by atoms with Gasteiger partial charge in [0.2, 0.25) is 0 Å². The summed E-state index contributed by atoms with van der Waals surface area (Å²) in [5.74, 6) is -0.882. The second-order valence-electron chi connectivity index (χ2n) is 5.29. The van der Waals surface area contributed by atoms with Gasteiger partial charge in [0.1, 0.15) is 0 Å². The minimum Gasteiger partial charge on any atom is -0.325 e. The highest BCUT2D eigenvalue weighted by Crippen LogP contribution is 2.27. The van der Waals surface area contributed by atoms with Crippen LogP contribution in [0.5, 0.6) is 0 Å². The van der Waals surface area contributed by atoms with E-state index in [0.717, 1.165) is 19.3 Å². The highest BCUT2D eigenvalue weighted by molar-refractivity contribution is 4.63. The molecule has 0 saturated carbocycles. The molecule has 3 nitrogen and oxygen atoms in total. The first-order valence-electron chi connectivity index (χ1n) is 6.84. The van der Waals surface area contributed by atoms with Crippen molar-refractivity contribution in [3.05, 3.63) is 0 Å². The van der Waals surface area contributed by atoms with Crippen LogP contribution in [0, 0.1) is 0 Å². The van der Waals surface area contributed by atoms with Gasteiger partial charge in [-0.3, -0.25) is 0 Å². The largest absolute Gasteiger partial charge is 0.325 e. The molecule has 0 aliphatic carbocycles. The Morgan fingerprint density at radius 3 is 1.35 bits per heavy atom. The third kappa shape index (κ3) is 7.74. The van der Waals surface area contributed by atoms with Gasteiger partial charge in [-0.15, -0.1) is 0 Å². The first kappa shape index (κ1) is 16.9. The Kier molecular flexibility index (Phi) is 8.01. The van der Waals surface area contributed by atoms with Gasteiger partial charge in [-0.25, -0.2) is 0 Å². The van der Waals surface area contributed by atoms with Gasteiger partial charge in [0.15, 0.2) is 0 Å². The molecule has 0 spiro atoms. The Morgan fingerprint density at radius 2 is 1.12 bits per heavy atom. The summed E-state index contributed by atoms with van der Waals surface area (Å²) in [5.41, 5.74) is 0. The molecule has 104 valence electrons. The summed E-state index contributed by atoms with van der Waals surface area (Å²) >= 11 is 0. The summed E-state index contributed by atoms with van der Waals surface area (Å²) in [5, 5.41) is 0. The van der Waals surface area contributed by atoms with Gasteiger partial charge in [-0.05, 0) is 48.0 Å². The topological polar surface area (TPSA) is 27.7 Å². The molecule has 0 saturated heterocycles. The lowest BCUT2D eigenvalue weighted by Gasteiger charge is -2.37. The van der Waals surface area contributed by atoms with E-state index in [1.807, 2.05) is 41.5 Å². The van der Waals surface area contributed by atoms with Crippen molar-refractivity contribution in [2.75, 3.05) is 0 Å². The van der Waals surface area contributed by atoms with Crippen LogP contribution in [0.15, 0.2) is 0 Å². The van der Waals surface area contributed by atoms with Crippen LogP contribution in [0.25, 0.3) is 0 Å². The predicted molar refractivity (Wildman–Crippen MR) is 70.9 cm³/mol. The fourth-order valence-electron chi connectivity index (χ4n) is 1.73. The first-order chi connectivity index (χ1) is 7.81. The summed E-state index contributed by atoms with van der Waals surface area (Å²) in [6.07, 6.45) is 3.18. The molecule has 0 N–H and O–H groups in total. The Bertz CT molecular complexity index is 161. The van der Waals surface area contributed by atoms with Crippen LogP contribution < -0.4 is 0 Å². The smallest absolute Gasteiger partial charge is 0.283 e. The normalized spacial score (nSPS) is 13.1. The van der Waals surface area contributed by atoms with E-state index in [0.29, 0.717) is 0 Å². The van der Waals surface area contributed by atoms with E-state index < -0.39 is 5.97 Å². The third-order valence-corrected chi connectivity index (χ3v) is 2.08. The number of ether oxygens (including phenoxy) is 3. The molecule has 0 unspecified atom stereocenters. The van der Waals surface area contributed by atoms with Crippen LogP contribution in [-0.2, 0) is 14.2 Å². The lowest BCUT2D eigenvalue weighted by atomic mass is 10.2. The van der Waals surface area contributed by atoms with Crippen molar-refractivity contribution in [1.29, 1.82) is 0 Å². The Hall–Kier alpha value is -0.120. The fraction of sp³-hybridized carbons (Fsp3) is 1.00. The standard InChI is InChI=1S/C14H30O3/c1-8-9-10-14(15-11(2)3,16-12(4)5)17-13(6)7/h11-13H,8-10H2,1-7H3. The monoisotopic (exact) mass is 246 g/mol.